The first-order valence-electron chi connectivity index (χ1n) is 10.5. The van der Waals surface area contributed by atoms with E-state index in [4.69, 9.17) is 4.98 Å². The van der Waals surface area contributed by atoms with Crippen molar-refractivity contribution in [2.24, 2.45) is 0 Å². The fourth-order valence-corrected chi connectivity index (χ4v) is 6.07. The molecule has 2 nitrogen and oxygen atoms in total. The van der Waals surface area contributed by atoms with Crippen molar-refractivity contribution in [2.45, 2.75) is 16.7 Å². The van der Waals surface area contributed by atoms with Crippen LogP contribution in [0.15, 0.2) is 101 Å². The van der Waals surface area contributed by atoms with Crippen molar-refractivity contribution in [3.05, 3.63) is 96.8 Å². The van der Waals surface area contributed by atoms with Gasteiger partial charge >= 0.3 is 0 Å². The zero-order valence-corrected chi connectivity index (χ0v) is 17.8. The van der Waals surface area contributed by atoms with E-state index in [1.165, 1.54) is 53.7 Å². The third-order valence-electron chi connectivity index (χ3n) is 6.31. The molecule has 0 spiro atoms. The SMILES string of the molecule is Cc1nc2cccc3c2n1-c1ccc(-c2cc4ccccc4c4ccccc24)cc1S3. The van der Waals surface area contributed by atoms with E-state index in [0.717, 1.165) is 11.3 Å². The number of imidazole rings is 1. The normalized spacial score (nSPS) is 12.5. The fourth-order valence-electron chi connectivity index (χ4n) is 4.95. The Morgan fingerprint density at radius 3 is 2.42 bits per heavy atom. The smallest absolute Gasteiger partial charge is 0.111 e. The van der Waals surface area contributed by atoms with Crippen LogP contribution in [-0.2, 0) is 0 Å². The quantitative estimate of drug-likeness (QED) is 0.255. The minimum absolute atomic E-state index is 1.04. The number of benzene rings is 5. The molecule has 0 amide bonds. The van der Waals surface area contributed by atoms with Gasteiger partial charge in [0, 0.05) is 9.79 Å². The minimum atomic E-state index is 1.04. The van der Waals surface area contributed by atoms with Crippen LogP contribution < -0.4 is 0 Å². The van der Waals surface area contributed by atoms with Gasteiger partial charge in [-0.1, -0.05) is 72.4 Å². The van der Waals surface area contributed by atoms with E-state index in [1.807, 2.05) is 11.8 Å². The van der Waals surface area contributed by atoms with Gasteiger partial charge in [-0.15, -0.1) is 0 Å². The molecule has 1 aliphatic rings. The number of rotatable bonds is 1. The fraction of sp³-hybridized carbons (Fsp3) is 0.0357. The Morgan fingerprint density at radius 2 is 1.52 bits per heavy atom. The van der Waals surface area contributed by atoms with Gasteiger partial charge in [0.25, 0.3) is 0 Å². The summed E-state index contributed by atoms with van der Waals surface area (Å²) in [7, 11) is 0. The summed E-state index contributed by atoms with van der Waals surface area (Å²) in [6.07, 6.45) is 0. The predicted octanol–water partition coefficient (Wildman–Crippen LogP) is 7.77. The molecule has 3 heteroatoms. The van der Waals surface area contributed by atoms with Crippen molar-refractivity contribution >= 4 is 44.3 Å². The lowest BCUT2D eigenvalue weighted by molar-refractivity contribution is 0.963. The van der Waals surface area contributed by atoms with E-state index >= 15 is 0 Å². The second kappa shape index (κ2) is 6.22. The van der Waals surface area contributed by atoms with Crippen molar-refractivity contribution in [1.29, 1.82) is 0 Å². The Kier molecular flexibility index (Phi) is 3.44. The average molecular weight is 415 g/mol. The molecule has 31 heavy (non-hydrogen) atoms. The van der Waals surface area contributed by atoms with Crippen LogP contribution in [0.1, 0.15) is 5.82 Å². The molecule has 0 N–H and O–H groups in total. The van der Waals surface area contributed by atoms with Gasteiger partial charge in [0.1, 0.15) is 5.82 Å². The number of hydrogen-bond acceptors (Lipinski definition) is 2. The van der Waals surface area contributed by atoms with Gasteiger partial charge in [0.2, 0.25) is 0 Å². The first kappa shape index (κ1) is 17.2. The van der Waals surface area contributed by atoms with Crippen molar-refractivity contribution in [2.75, 3.05) is 0 Å². The van der Waals surface area contributed by atoms with Gasteiger partial charge in [-0.2, -0.15) is 0 Å². The maximum absolute atomic E-state index is 4.79. The van der Waals surface area contributed by atoms with Gasteiger partial charge in [-0.25, -0.2) is 4.98 Å². The molecule has 0 atom stereocenters. The third-order valence-corrected chi connectivity index (χ3v) is 7.40. The lowest BCUT2D eigenvalue weighted by Crippen LogP contribution is -2.03. The predicted molar refractivity (Wildman–Crippen MR) is 130 cm³/mol. The van der Waals surface area contributed by atoms with Crippen molar-refractivity contribution in [3.8, 4) is 16.8 Å². The number of para-hydroxylation sites is 1. The molecule has 7 rings (SSSR count). The molecule has 2 heterocycles. The van der Waals surface area contributed by atoms with E-state index < -0.39 is 0 Å². The van der Waals surface area contributed by atoms with Crippen LogP contribution in [0, 0.1) is 6.92 Å². The topological polar surface area (TPSA) is 17.8 Å². The number of hydrogen-bond donors (Lipinski definition) is 0. The summed E-state index contributed by atoms with van der Waals surface area (Å²) in [6, 6.07) is 33.0. The van der Waals surface area contributed by atoms with Crippen molar-refractivity contribution in [3.63, 3.8) is 0 Å². The summed E-state index contributed by atoms with van der Waals surface area (Å²) >= 11 is 1.85. The second-order valence-corrected chi connectivity index (χ2v) is 9.18. The van der Waals surface area contributed by atoms with Crippen LogP contribution in [-0.4, -0.2) is 9.55 Å². The summed E-state index contributed by atoms with van der Waals surface area (Å²) in [5.41, 5.74) is 6.04. The van der Waals surface area contributed by atoms with Gasteiger partial charge in [-0.3, -0.25) is 4.57 Å². The maximum Gasteiger partial charge on any atom is 0.111 e. The van der Waals surface area contributed by atoms with E-state index in [2.05, 4.69) is 102 Å². The highest BCUT2D eigenvalue weighted by Crippen LogP contribution is 2.45. The van der Waals surface area contributed by atoms with Gasteiger partial charge < -0.3 is 0 Å². The first-order chi connectivity index (χ1) is 15.3. The number of aryl methyl sites for hydroxylation is 1. The molecule has 0 radical (unpaired) electrons. The molecule has 0 saturated carbocycles. The third kappa shape index (κ3) is 2.38. The largest absolute Gasteiger partial charge is 0.294 e. The van der Waals surface area contributed by atoms with Crippen LogP contribution in [0.3, 0.4) is 0 Å². The Balaban J connectivity index is 1.50. The van der Waals surface area contributed by atoms with Crippen LogP contribution in [0.2, 0.25) is 0 Å². The Labute approximate surface area is 184 Å². The zero-order valence-electron chi connectivity index (χ0n) is 17.0. The van der Waals surface area contributed by atoms with E-state index in [-0.39, 0.29) is 0 Å². The molecule has 6 aromatic rings. The number of aromatic nitrogens is 2. The van der Waals surface area contributed by atoms with E-state index in [9.17, 15) is 0 Å². The zero-order chi connectivity index (χ0) is 20.5. The van der Waals surface area contributed by atoms with Crippen LogP contribution in [0.4, 0.5) is 0 Å². The monoisotopic (exact) mass is 414 g/mol. The summed E-state index contributed by atoms with van der Waals surface area (Å²) in [6.45, 7) is 2.09. The summed E-state index contributed by atoms with van der Waals surface area (Å²) < 4.78 is 2.30. The molecular weight excluding hydrogens is 396 g/mol. The molecule has 0 bridgehead atoms. The van der Waals surface area contributed by atoms with E-state index in [0.29, 0.717) is 0 Å². The maximum atomic E-state index is 4.79. The first-order valence-corrected chi connectivity index (χ1v) is 11.3. The van der Waals surface area contributed by atoms with Gasteiger partial charge in [0.15, 0.2) is 0 Å². The van der Waals surface area contributed by atoms with Crippen LogP contribution in [0.5, 0.6) is 0 Å². The highest BCUT2D eigenvalue weighted by molar-refractivity contribution is 7.99. The Hall–Kier alpha value is -3.56. The molecule has 0 aliphatic carbocycles. The molecule has 146 valence electrons. The average Bonchev–Trinajstić information content (AvgIpc) is 3.16. The summed E-state index contributed by atoms with van der Waals surface area (Å²) in [5, 5.41) is 5.18. The molecular formula is C28H18N2S. The van der Waals surface area contributed by atoms with Crippen molar-refractivity contribution < 1.29 is 0 Å². The summed E-state index contributed by atoms with van der Waals surface area (Å²) in [4.78, 5) is 7.33. The van der Waals surface area contributed by atoms with Gasteiger partial charge in [-0.05, 0) is 69.9 Å². The highest BCUT2D eigenvalue weighted by atomic mass is 32.2. The lowest BCUT2D eigenvalue weighted by atomic mass is 9.93. The number of nitrogens with zero attached hydrogens (tertiary/aromatic N) is 2. The number of fused-ring (bicyclic) bond motifs is 5. The van der Waals surface area contributed by atoms with Crippen LogP contribution >= 0.6 is 11.8 Å². The molecule has 0 unspecified atom stereocenters. The minimum Gasteiger partial charge on any atom is -0.294 e. The molecule has 0 fully saturated rings. The highest BCUT2D eigenvalue weighted by Gasteiger charge is 2.22. The molecule has 5 aromatic carbocycles. The van der Waals surface area contributed by atoms with E-state index in [1.54, 1.807) is 0 Å². The standard InChI is InChI=1S/C28H18N2S/c1-17-29-24-11-6-12-26-28(24)30(17)25-14-13-19(16-27(25)31-26)23-15-18-7-2-3-8-20(18)21-9-4-5-10-22(21)23/h2-16H,1H3. The Bertz CT molecular complexity index is 1680. The second-order valence-electron chi connectivity index (χ2n) is 8.09. The molecule has 1 aliphatic heterocycles. The van der Waals surface area contributed by atoms with Crippen molar-refractivity contribution in [1.82, 2.24) is 9.55 Å². The van der Waals surface area contributed by atoms with Crippen LogP contribution in [0.25, 0.3) is 49.4 Å². The summed E-state index contributed by atoms with van der Waals surface area (Å²) in [5.74, 6) is 1.04. The lowest BCUT2D eigenvalue weighted by Gasteiger charge is -2.21. The molecule has 0 saturated heterocycles. The Morgan fingerprint density at radius 1 is 0.710 bits per heavy atom. The van der Waals surface area contributed by atoms with Gasteiger partial charge in [0.05, 0.1) is 16.7 Å². The molecule has 1 aromatic heterocycles.